The van der Waals surface area contributed by atoms with Crippen LogP contribution in [0.5, 0.6) is 0 Å². The number of likely N-dealkylation sites (tertiary alicyclic amines) is 1. The highest BCUT2D eigenvalue weighted by molar-refractivity contribution is 7.13. The molecule has 2 aliphatic rings. The van der Waals surface area contributed by atoms with Crippen LogP contribution in [0.4, 0.5) is 5.13 Å². The summed E-state index contributed by atoms with van der Waals surface area (Å²) in [6.07, 6.45) is 6.96. The van der Waals surface area contributed by atoms with E-state index < -0.39 is 0 Å². The van der Waals surface area contributed by atoms with E-state index in [1.165, 1.54) is 38.6 Å². The molecule has 2 fully saturated rings. The van der Waals surface area contributed by atoms with E-state index in [2.05, 4.69) is 27.5 Å². The largest absolute Gasteiger partial charge is 0.357 e. The van der Waals surface area contributed by atoms with E-state index in [0.717, 1.165) is 29.9 Å². The molecule has 128 valence electrons. The number of hydrogen-bond acceptors (Lipinski definition) is 4. The number of thiazole rings is 1. The Morgan fingerprint density at radius 3 is 2.83 bits per heavy atom. The van der Waals surface area contributed by atoms with Crippen molar-refractivity contribution in [3.05, 3.63) is 11.1 Å². The first kappa shape index (κ1) is 16.6. The number of rotatable bonds is 4. The number of nitrogens with zero attached hydrogens (tertiary/aromatic N) is 4. The van der Waals surface area contributed by atoms with Gasteiger partial charge in [-0.05, 0) is 31.6 Å². The SMILES string of the molecule is CCNC(=NCc1csc(N(C)C)n1)N1CCC2(CCCC2)C1. The second-order valence-electron chi connectivity index (χ2n) is 7.06. The summed E-state index contributed by atoms with van der Waals surface area (Å²) in [5, 5.41) is 6.64. The van der Waals surface area contributed by atoms with Crippen molar-refractivity contribution < 1.29 is 0 Å². The maximum atomic E-state index is 4.85. The lowest BCUT2D eigenvalue weighted by Crippen LogP contribution is -2.41. The fraction of sp³-hybridized carbons (Fsp3) is 0.765. The predicted octanol–water partition coefficient (Wildman–Crippen LogP) is 2.94. The van der Waals surface area contributed by atoms with Crippen molar-refractivity contribution in [1.82, 2.24) is 15.2 Å². The summed E-state index contributed by atoms with van der Waals surface area (Å²) < 4.78 is 0. The van der Waals surface area contributed by atoms with Crippen molar-refractivity contribution >= 4 is 22.4 Å². The first-order valence-corrected chi connectivity index (χ1v) is 9.65. The van der Waals surface area contributed by atoms with Gasteiger partial charge in [0, 0.05) is 39.1 Å². The zero-order valence-corrected chi connectivity index (χ0v) is 15.5. The summed E-state index contributed by atoms with van der Waals surface area (Å²) in [5.41, 5.74) is 1.64. The molecule has 1 N–H and O–H groups in total. The van der Waals surface area contributed by atoms with E-state index in [1.54, 1.807) is 11.3 Å². The van der Waals surface area contributed by atoms with Crippen molar-refractivity contribution in [3.63, 3.8) is 0 Å². The van der Waals surface area contributed by atoms with Crippen LogP contribution in [0.25, 0.3) is 0 Å². The van der Waals surface area contributed by atoms with Crippen LogP contribution >= 0.6 is 11.3 Å². The van der Waals surface area contributed by atoms with Crippen LogP contribution in [-0.4, -0.2) is 49.6 Å². The number of aliphatic imine (C=N–C) groups is 1. The molecule has 5 nitrogen and oxygen atoms in total. The van der Waals surface area contributed by atoms with Crippen LogP contribution in [0.15, 0.2) is 10.4 Å². The van der Waals surface area contributed by atoms with E-state index in [0.29, 0.717) is 12.0 Å². The average Bonchev–Trinajstić information content (AvgIpc) is 3.26. The first-order chi connectivity index (χ1) is 11.1. The fourth-order valence-electron chi connectivity index (χ4n) is 3.81. The fourth-order valence-corrected chi connectivity index (χ4v) is 4.55. The molecule has 0 unspecified atom stereocenters. The van der Waals surface area contributed by atoms with Crippen molar-refractivity contribution in [3.8, 4) is 0 Å². The number of nitrogens with one attached hydrogen (secondary N) is 1. The number of hydrogen-bond donors (Lipinski definition) is 1. The Hall–Kier alpha value is -1.30. The Morgan fingerprint density at radius 2 is 2.17 bits per heavy atom. The lowest BCUT2D eigenvalue weighted by molar-refractivity contribution is 0.309. The second-order valence-corrected chi connectivity index (χ2v) is 7.90. The molecule has 23 heavy (non-hydrogen) atoms. The Morgan fingerprint density at radius 1 is 1.39 bits per heavy atom. The van der Waals surface area contributed by atoms with Crippen LogP contribution in [0.2, 0.25) is 0 Å². The highest BCUT2D eigenvalue weighted by atomic mass is 32.1. The lowest BCUT2D eigenvalue weighted by atomic mass is 9.86. The van der Waals surface area contributed by atoms with E-state index in [-0.39, 0.29) is 0 Å². The minimum atomic E-state index is 0.578. The molecule has 1 aliphatic heterocycles. The summed E-state index contributed by atoms with van der Waals surface area (Å²) in [6.45, 7) is 6.05. The van der Waals surface area contributed by atoms with Crippen molar-refractivity contribution in [2.75, 3.05) is 38.6 Å². The number of aromatic nitrogens is 1. The van der Waals surface area contributed by atoms with E-state index >= 15 is 0 Å². The minimum Gasteiger partial charge on any atom is -0.357 e. The van der Waals surface area contributed by atoms with Gasteiger partial charge in [-0.2, -0.15) is 0 Å². The van der Waals surface area contributed by atoms with E-state index in [4.69, 9.17) is 4.99 Å². The second kappa shape index (κ2) is 7.07. The molecule has 1 aromatic heterocycles. The van der Waals surface area contributed by atoms with Crippen molar-refractivity contribution in [2.45, 2.75) is 45.6 Å². The van der Waals surface area contributed by atoms with Gasteiger partial charge in [0.15, 0.2) is 11.1 Å². The van der Waals surface area contributed by atoms with Crippen LogP contribution in [0.1, 0.15) is 44.7 Å². The molecule has 2 heterocycles. The van der Waals surface area contributed by atoms with Gasteiger partial charge in [-0.25, -0.2) is 9.98 Å². The van der Waals surface area contributed by atoms with Crippen LogP contribution in [-0.2, 0) is 6.54 Å². The third kappa shape index (κ3) is 3.79. The maximum Gasteiger partial charge on any atom is 0.194 e. The van der Waals surface area contributed by atoms with Gasteiger partial charge >= 0.3 is 0 Å². The molecule has 1 spiro atoms. The van der Waals surface area contributed by atoms with Gasteiger partial charge < -0.3 is 15.1 Å². The monoisotopic (exact) mass is 335 g/mol. The Labute approximate surface area is 143 Å². The molecule has 0 radical (unpaired) electrons. The molecule has 0 aromatic carbocycles. The minimum absolute atomic E-state index is 0.578. The van der Waals surface area contributed by atoms with Crippen LogP contribution < -0.4 is 10.2 Å². The van der Waals surface area contributed by atoms with Gasteiger partial charge in [0.25, 0.3) is 0 Å². The molecule has 1 aliphatic carbocycles. The number of anilines is 1. The standard InChI is InChI=1S/C17H29N5S/c1-4-18-15(19-11-14-12-23-16(20-14)21(2)3)22-10-9-17(13-22)7-5-6-8-17/h12H,4-11,13H2,1-3H3,(H,18,19). The smallest absolute Gasteiger partial charge is 0.194 e. The quantitative estimate of drug-likeness (QED) is 0.679. The zero-order valence-electron chi connectivity index (χ0n) is 14.6. The van der Waals surface area contributed by atoms with Crippen molar-refractivity contribution in [2.24, 2.45) is 10.4 Å². The average molecular weight is 336 g/mol. The van der Waals surface area contributed by atoms with Gasteiger partial charge in [-0.1, -0.05) is 12.8 Å². The summed E-state index contributed by atoms with van der Waals surface area (Å²) in [6, 6.07) is 0. The summed E-state index contributed by atoms with van der Waals surface area (Å²) in [5.74, 6) is 1.07. The zero-order chi connectivity index (χ0) is 16.3. The van der Waals surface area contributed by atoms with Gasteiger partial charge in [-0.3, -0.25) is 0 Å². The molecular formula is C17H29N5S. The first-order valence-electron chi connectivity index (χ1n) is 8.77. The molecule has 0 atom stereocenters. The molecule has 0 amide bonds. The molecule has 6 heteroatoms. The number of guanidine groups is 1. The highest BCUT2D eigenvalue weighted by Crippen LogP contribution is 2.45. The molecular weight excluding hydrogens is 306 g/mol. The van der Waals surface area contributed by atoms with E-state index in [9.17, 15) is 0 Å². The molecule has 1 saturated carbocycles. The third-order valence-corrected chi connectivity index (χ3v) is 6.11. The maximum absolute atomic E-state index is 4.85. The molecule has 0 bridgehead atoms. The Kier molecular flexibility index (Phi) is 5.09. The summed E-state index contributed by atoms with van der Waals surface area (Å²) in [4.78, 5) is 14.0. The van der Waals surface area contributed by atoms with E-state index in [1.807, 2.05) is 19.0 Å². The Bertz CT molecular complexity index is 545. The van der Waals surface area contributed by atoms with Crippen LogP contribution in [0.3, 0.4) is 0 Å². The van der Waals surface area contributed by atoms with Gasteiger partial charge in [0.2, 0.25) is 0 Å². The lowest BCUT2D eigenvalue weighted by Gasteiger charge is -2.25. The molecule has 1 aromatic rings. The van der Waals surface area contributed by atoms with Gasteiger partial charge in [0.05, 0.1) is 12.2 Å². The topological polar surface area (TPSA) is 43.8 Å². The Balaban J connectivity index is 1.65. The molecule has 1 saturated heterocycles. The normalized spacial score (nSPS) is 20.5. The highest BCUT2D eigenvalue weighted by Gasteiger charge is 2.41. The van der Waals surface area contributed by atoms with Gasteiger partial charge in [-0.15, -0.1) is 11.3 Å². The van der Waals surface area contributed by atoms with Gasteiger partial charge in [0.1, 0.15) is 0 Å². The third-order valence-electron chi connectivity index (χ3n) is 5.05. The summed E-state index contributed by atoms with van der Waals surface area (Å²) in [7, 11) is 4.06. The predicted molar refractivity (Wildman–Crippen MR) is 98.3 cm³/mol. The molecule has 3 rings (SSSR count). The van der Waals surface area contributed by atoms with Crippen LogP contribution in [0, 0.1) is 5.41 Å². The summed E-state index contributed by atoms with van der Waals surface area (Å²) >= 11 is 1.68. The van der Waals surface area contributed by atoms with Crippen molar-refractivity contribution in [1.29, 1.82) is 0 Å².